The third-order valence-electron chi connectivity index (χ3n) is 4.73. The Morgan fingerprint density at radius 3 is 2.50 bits per heavy atom. The van der Waals surface area contributed by atoms with Crippen molar-refractivity contribution < 1.29 is 32.2 Å². The number of hydrogen-bond acceptors (Lipinski definition) is 4. The van der Waals surface area contributed by atoms with Gasteiger partial charge in [-0.2, -0.15) is 0 Å². The topological polar surface area (TPSA) is 60.6 Å². The molecule has 1 heterocycles. The average Bonchev–Trinajstić information content (AvgIpc) is 3.02. The Balaban J connectivity index is 1.92. The SMILES string of the molecule is CCOC(=O)/C(=C/c1cccc(Cc2c(C)[nH]c3ccc(OC(F)(F)F)cc23)c1)OCC. The molecule has 1 aromatic heterocycles. The molecule has 0 bridgehead atoms. The molecule has 0 aliphatic rings. The number of aryl methyl sites for hydroxylation is 1. The zero-order valence-corrected chi connectivity index (χ0v) is 18.0. The normalized spacial score (nSPS) is 12.1. The van der Waals surface area contributed by atoms with Gasteiger partial charge >= 0.3 is 12.3 Å². The van der Waals surface area contributed by atoms with E-state index in [1.807, 2.05) is 31.2 Å². The van der Waals surface area contributed by atoms with Gasteiger partial charge in [0, 0.05) is 16.6 Å². The van der Waals surface area contributed by atoms with E-state index in [0.29, 0.717) is 18.4 Å². The zero-order valence-electron chi connectivity index (χ0n) is 18.0. The summed E-state index contributed by atoms with van der Waals surface area (Å²) in [7, 11) is 0. The predicted octanol–water partition coefficient (Wildman–Crippen LogP) is 5.91. The van der Waals surface area contributed by atoms with Crippen molar-refractivity contribution in [2.45, 2.75) is 33.6 Å². The van der Waals surface area contributed by atoms with Crippen molar-refractivity contribution in [2.24, 2.45) is 0 Å². The number of H-pyrrole nitrogens is 1. The smallest absolute Gasteiger partial charge is 0.487 e. The summed E-state index contributed by atoms with van der Waals surface area (Å²) in [4.78, 5) is 15.3. The molecule has 0 unspecified atom stereocenters. The largest absolute Gasteiger partial charge is 0.573 e. The number of aromatic amines is 1. The lowest BCUT2D eigenvalue weighted by Gasteiger charge is -2.10. The van der Waals surface area contributed by atoms with Crippen LogP contribution in [0, 0.1) is 6.92 Å². The molecule has 170 valence electrons. The van der Waals surface area contributed by atoms with Crippen LogP contribution in [0.3, 0.4) is 0 Å². The van der Waals surface area contributed by atoms with E-state index in [1.165, 1.54) is 12.1 Å². The Kier molecular flexibility index (Phi) is 7.12. The highest BCUT2D eigenvalue weighted by molar-refractivity contribution is 5.91. The van der Waals surface area contributed by atoms with Crippen LogP contribution in [-0.2, 0) is 20.7 Å². The standard InChI is InChI=1S/C24H24F3NO4/c1-4-30-22(23(29)31-5-2)13-17-8-6-7-16(11-17)12-19-15(3)28-21-10-9-18(14-20(19)21)32-24(25,26)27/h6-11,13-14,28H,4-5,12H2,1-3H3/b22-13-. The van der Waals surface area contributed by atoms with Gasteiger partial charge in [0.05, 0.1) is 13.2 Å². The van der Waals surface area contributed by atoms with Gasteiger partial charge in [-0.1, -0.05) is 24.3 Å². The molecule has 5 nitrogen and oxygen atoms in total. The van der Waals surface area contributed by atoms with Crippen LogP contribution in [-0.4, -0.2) is 30.5 Å². The minimum Gasteiger partial charge on any atom is -0.487 e. The van der Waals surface area contributed by atoms with E-state index in [-0.39, 0.29) is 18.1 Å². The zero-order chi connectivity index (χ0) is 23.3. The summed E-state index contributed by atoms with van der Waals surface area (Å²) in [6, 6.07) is 11.7. The fraction of sp³-hybridized carbons (Fsp3) is 0.292. The highest BCUT2D eigenvalue weighted by atomic mass is 19.4. The van der Waals surface area contributed by atoms with E-state index in [0.717, 1.165) is 27.9 Å². The summed E-state index contributed by atoms with van der Waals surface area (Å²) in [6.45, 7) is 5.93. The number of aromatic nitrogens is 1. The van der Waals surface area contributed by atoms with Gasteiger partial charge in [-0.05, 0) is 68.2 Å². The number of benzene rings is 2. The number of carbonyl (C=O) groups is 1. The Morgan fingerprint density at radius 2 is 1.81 bits per heavy atom. The second kappa shape index (κ2) is 9.80. The first-order valence-corrected chi connectivity index (χ1v) is 10.2. The molecule has 0 radical (unpaired) electrons. The van der Waals surface area contributed by atoms with Crippen molar-refractivity contribution in [3.63, 3.8) is 0 Å². The maximum Gasteiger partial charge on any atom is 0.573 e. The summed E-state index contributed by atoms with van der Waals surface area (Å²) >= 11 is 0. The van der Waals surface area contributed by atoms with Crippen LogP contribution >= 0.6 is 0 Å². The van der Waals surface area contributed by atoms with E-state index in [4.69, 9.17) is 9.47 Å². The number of esters is 1. The first-order chi connectivity index (χ1) is 15.2. The molecule has 8 heteroatoms. The van der Waals surface area contributed by atoms with Crippen LogP contribution in [0.1, 0.15) is 36.2 Å². The molecule has 0 atom stereocenters. The van der Waals surface area contributed by atoms with Crippen LogP contribution in [0.5, 0.6) is 5.75 Å². The molecule has 32 heavy (non-hydrogen) atoms. The lowest BCUT2D eigenvalue weighted by Crippen LogP contribution is -2.16. The quantitative estimate of drug-likeness (QED) is 0.265. The van der Waals surface area contributed by atoms with Gasteiger partial charge in [0.1, 0.15) is 5.75 Å². The Hall–Kier alpha value is -3.42. The number of fused-ring (bicyclic) bond motifs is 1. The Labute approximate surface area is 183 Å². The third kappa shape index (κ3) is 5.84. The molecule has 3 aromatic rings. The van der Waals surface area contributed by atoms with E-state index in [1.54, 1.807) is 26.0 Å². The lowest BCUT2D eigenvalue weighted by atomic mass is 10.00. The summed E-state index contributed by atoms with van der Waals surface area (Å²) < 4.78 is 52.4. The number of halogens is 3. The van der Waals surface area contributed by atoms with Crippen molar-refractivity contribution in [1.82, 2.24) is 4.98 Å². The van der Waals surface area contributed by atoms with Crippen molar-refractivity contribution in [1.29, 1.82) is 0 Å². The van der Waals surface area contributed by atoms with Crippen LogP contribution < -0.4 is 4.74 Å². The van der Waals surface area contributed by atoms with Crippen molar-refractivity contribution in [2.75, 3.05) is 13.2 Å². The Bertz CT molecular complexity index is 1130. The molecular formula is C24H24F3NO4. The number of rotatable bonds is 8. The maximum atomic E-state index is 12.6. The van der Waals surface area contributed by atoms with E-state index < -0.39 is 12.3 Å². The number of ether oxygens (including phenoxy) is 3. The molecule has 0 saturated carbocycles. The molecule has 3 rings (SSSR count). The summed E-state index contributed by atoms with van der Waals surface area (Å²) in [5.41, 5.74) is 4.11. The third-order valence-corrected chi connectivity index (χ3v) is 4.73. The second-order valence-corrected chi connectivity index (χ2v) is 7.07. The minimum absolute atomic E-state index is 0.115. The van der Waals surface area contributed by atoms with E-state index >= 15 is 0 Å². The highest BCUT2D eigenvalue weighted by Crippen LogP contribution is 2.31. The molecule has 0 amide bonds. The van der Waals surface area contributed by atoms with E-state index in [2.05, 4.69) is 9.72 Å². The van der Waals surface area contributed by atoms with Crippen LogP contribution in [0.15, 0.2) is 48.2 Å². The van der Waals surface area contributed by atoms with Gasteiger partial charge < -0.3 is 19.2 Å². The lowest BCUT2D eigenvalue weighted by molar-refractivity contribution is -0.274. The molecule has 0 fully saturated rings. The van der Waals surface area contributed by atoms with Crippen LogP contribution in [0.25, 0.3) is 17.0 Å². The second-order valence-electron chi connectivity index (χ2n) is 7.07. The molecule has 0 spiro atoms. The fourth-order valence-corrected chi connectivity index (χ4v) is 3.45. The summed E-state index contributed by atoms with van der Waals surface area (Å²) in [6.07, 6.45) is -2.66. The first-order valence-electron chi connectivity index (χ1n) is 10.2. The van der Waals surface area contributed by atoms with Crippen LogP contribution in [0.2, 0.25) is 0 Å². The molecular weight excluding hydrogens is 423 g/mol. The average molecular weight is 447 g/mol. The molecule has 0 aliphatic heterocycles. The molecule has 1 N–H and O–H groups in total. The summed E-state index contributed by atoms with van der Waals surface area (Å²) in [5, 5.41) is 0.659. The predicted molar refractivity (Wildman–Crippen MR) is 115 cm³/mol. The highest BCUT2D eigenvalue weighted by Gasteiger charge is 2.31. The van der Waals surface area contributed by atoms with Gasteiger partial charge in [0.2, 0.25) is 5.76 Å². The minimum atomic E-state index is -4.75. The van der Waals surface area contributed by atoms with Gasteiger partial charge in [-0.3, -0.25) is 0 Å². The Morgan fingerprint density at radius 1 is 1.06 bits per heavy atom. The van der Waals surface area contributed by atoms with Crippen LogP contribution in [0.4, 0.5) is 13.2 Å². The maximum absolute atomic E-state index is 12.6. The van der Waals surface area contributed by atoms with Gasteiger partial charge in [0.25, 0.3) is 0 Å². The van der Waals surface area contributed by atoms with Gasteiger partial charge in [-0.25, -0.2) is 4.79 Å². The molecule has 0 aliphatic carbocycles. The van der Waals surface area contributed by atoms with Gasteiger partial charge in [-0.15, -0.1) is 13.2 Å². The molecule has 2 aromatic carbocycles. The van der Waals surface area contributed by atoms with Crippen molar-refractivity contribution >= 4 is 22.9 Å². The summed E-state index contributed by atoms with van der Waals surface area (Å²) in [5.74, 6) is -0.689. The van der Waals surface area contributed by atoms with Gasteiger partial charge in [0.15, 0.2) is 0 Å². The fourth-order valence-electron chi connectivity index (χ4n) is 3.45. The number of hydrogen-bond donors (Lipinski definition) is 1. The number of alkyl halides is 3. The number of carbonyl (C=O) groups excluding carboxylic acids is 1. The molecule has 0 saturated heterocycles. The van der Waals surface area contributed by atoms with Crippen molar-refractivity contribution in [3.8, 4) is 5.75 Å². The van der Waals surface area contributed by atoms with E-state index in [9.17, 15) is 18.0 Å². The number of nitrogens with one attached hydrogen (secondary N) is 1. The monoisotopic (exact) mass is 447 g/mol. The first kappa shape index (κ1) is 23.2. The van der Waals surface area contributed by atoms with Crippen molar-refractivity contribution in [3.05, 3.63) is 70.6 Å².